The van der Waals surface area contributed by atoms with Gasteiger partial charge in [0.15, 0.2) is 0 Å². The number of aryl methyl sites for hydroxylation is 1. The Kier molecular flexibility index (Phi) is 5.26. The summed E-state index contributed by atoms with van der Waals surface area (Å²) in [5, 5.41) is 0. The molecule has 19 heavy (non-hydrogen) atoms. The molecule has 0 amide bonds. The van der Waals surface area contributed by atoms with Gasteiger partial charge in [0.1, 0.15) is 0 Å². The third kappa shape index (κ3) is 3.30. The summed E-state index contributed by atoms with van der Waals surface area (Å²) in [6.07, 6.45) is 6.87. The topological polar surface area (TPSA) is 29.3 Å². The van der Waals surface area contributed by atoms with E-state index in [1.165, 1.54) is 43.4 Å². The van der Waals surface area contributed by atoms with E-state index < -0.39 is 0 Å². The van der Waals surface area contributed by atoms with Gasteiger partial charge in [-0.3, -0.25) is 0 Å². The van der Waals surface area contributed by atoms with Crippen molar-refractivity contribution in [2.24, 2.45) is 11.7 Å². The molecule has 0 bridgehead atoms. The monoisotopic (exact) mass is 260 g/mol. The van der Waals surface area contributed by atoms with Gasteiger partial charge in [-0.1, -0.05) is 37.5 Å². The van der Waals surface area contributed by atoms with Gasteiger partial charge in [-0.15, -0.1) is 0 Å². The first-order chi connectivity index (χ1) is 9.27. The largest absolute Gasteiger partial charge is 0.367 e. The van der Waals surface area contributed by atoms with Crippen molar-refractivity contribution in [2.75, 3.05) is 18.0 Å². The molecule has 1 atom stereocenters. The Morgan fingerprint density at radius 1 is 1.21 bits per heavy atom. The van der Waals surface area contributed by atoms with Crippen LogP contribution in [-0.4, -0.2) is 19.1 Å². The van der Waals surface area contributed by atoms with Crippen LogP contribution in [0.1, 0.15) is 44.6 Å². The summed E-state index contributed by atoms with van der Waals surface area (Å²) < 4.78 is 0. The van der Waals surface area contributed by atoms with Crippen LogP contribution in [0.15, 0.2) is 24.3 Å². The maximum absolute atomic E-state index is 6.13. The van der Waals surface area contributed by atoms with Crippen LogP contribution in [0.5, 0.6) is 0 Å². The number of likely N-dealkylation sites (N-methyl/N-ethyl adjacent to an activating group) is 1. The lowest BCUT2D eigenvalue weighted by Crippen LogP contribution is -2.46. The van der Waals surface area contributed by atoms with E-state index in [1.54, 1.807) is 0 Å². The van der Waals surface area contributed by atoms with Crippen LogP contribution < -0.4 is 10.6 Å². The van der Waals surface area contributed by atoms with Crippen LogP contribution in [0.3, 0.4) is 0 Å². The molecule has 1 aromatic carbocycles. The molecular formula is C17H28N2. The Morgan fingerprint density at radius 3 is 2.47 bits per heavy atom. The Hall–Kier alpha value is -1.02. The molecule has 0 spiro atoms. The minimum atomic E-state index is 0.506. The van der Waals surface area contributed by atoms with Crippen molar-refractivity contribution in [3.05, 3.63) is 29.8 Å². The number of hydrogen-bond acceptors (Lipinski definition) is 2. The third-order valence-corrected chi connectivity index (χ3v) is 4.60. The van der Waals surface area contributed by atoms with Gasteiger partial charge in [0.2, 0.25) is 0 Å². The predicted octanol–water partition coefficient (Wildman–Crippen LogP) is 3.73. The first-order valence-corrected chi connectivity index (χ1v) is 7.80. The van der Waals surface area contributed by atoms with Gasteiger partial charge in [-0.2, -0.15) is 0 Å². The second-order valence-corrected chi connectivity index (χ2v) is 5.77. The zero-order valence-electron chi connectivity index (χ0n) is 12.4. The van der Waals surface area contributed by atoms with Crippen molar-refractivity contribution >= 4 is 5.69 Å². The molecule has 0 aliphatic heterocycles. The zero-order valence-corrected chi connectivity index (χ0v) is 12.4. The molecule has 1 aliphatic rings. The van der Waals surface area contributed by atoms with Crippen LogP contribution >= 0.6 is 0 Å². The van der Waals surface area contributed by atoms with E-state index >= 15 is 0 Å². The minimum Gasteiger partial charge on any atom is -0.367 e. The number of anilines is 1. The summed E-state index contributed by atoms with van der Waals surface area (Å²) >= 11 is 0. The second-order valence-electron chi connectivity index (χ2n) is 5.77. The van der Waals surface area contributed by atoms with Gasteiger partial charge in [0, 0.05) is 24.8 Å². The van der Waals surface area contributed by atoms with Crippen molar-refractivity contribution in [2.45, 2.75) is 52.0 Å². The van der Waals surface area contributed by atoms with E-state index in [0.717, 1.165) is 19.0 Å². The Labute approximate surface area is 118 Å². The van der Waals surface area contributed by atoms with Crippen LogP contribution in [0, 0.1) is 12.8 Å². The third-order valence-electron chi connectivity index (χ3n) is 4.60. The van der Waals surface area contributed by atoms with Gasteiger partial charge < -0.3 is 10.6 Å². The summed E-state index contributed by atoms with van der Waals surface area (Å²) in [5.41, 5.74) is 8.85. The Morgan fingerprint density at radius 2 is 1.89 bits per heavy atom. The van der Waals surface area contributed by atoms with E-state index in [0.29, 0.717) is 6.04 Å². The maximum atomic E-state index is 6.13. The van der Waals surface area contributed by atoms with Crippen molar-refractivity contribution in [3.8, 4) is 0 Å². The molecule has 0 heterocycles. The summed E-state index contributed by atoms with van der Waals surface area (Å²) in [7, 11) is 0. The average Bonchev–Trinajstić information content (AvgIpc) is 2.46. The van der Waals surface area contributed by atoms with E-state index in [4.69, 9.17) is 5.73 Å². The molecule has 0 aromatic heterocycles. The van der Waals surface area contributed by atoms with Gasteiger partial charge >= 0.3 is 0 Å². The van der Waals surface area contributed by atoms with Crippen molar-refractivity contribution in [3.63, 3.8) is 0 Å². The SMILES string of the molecule is CCN(c1ccccc1C)C(CN)C1CCCCC1. The first kappa shape index (κ1) is 14.4. The molecule has 106 valence electrons. The number of nitrogens with zero attached hydrogens (tertiary/aromatic N) is 1. The van der Waals surface area contributed by atoms with Gasteiger partial charge in [-0.25, -0.2) is 0 Å². The molecule has 1 aromatic rings. The summed E-state index contributed by atoms with van der Waals surface area (Å²) in [5.74, 6) is 0.776. The first-order valence-electron chi connectivity index (χ1n) is 7.80. The lowest BCUT2D eigenvalue weighted by atomic mass is 9.83. The fourth-order valence-corrected chi connectivity index (χ4v) is 3.56. The van der Waals surface area contributed by atoms with Crippen molar-refractivity contribution in [1.82, 2.24) is 0 Å². The summed E-state index contributed by atoms with van der Waals surface area (Å²) in [6, 6.07) is 9.20. The van der Waals surface area contributed by atoms with Crippen LogP contribution in [0.4, 0.5) is 5.69 Å². The molecule has 2 rings (SSSR count). The van der Waals surface area contributed by atoms with Gasteiger partial charge in [0.05, 0.1) is 0 Å². The maximum Gasteiger partial charge on any atom is 0.0440 e. The van der Waals surface area contributed by atoms with E-state index in [2.05, 4.69) is 43.0 Å². The Balaban J connectivity index is 2.20. The zero-order chi connectivity index (χ0) is 13.7. The van der Waals surface area contributed by atoms with Crippen LogP contribution in [-0.2, 0) is 0 Å². The van der Waals surface area contributed by atoms with Crippen molar-refractivity contribution in [1.29, 1.82) is 0 Å². The smallest absolute Gasteiger partial charge is 0.0440 e. The highest BCUT2D eigenvalue weighted by Crippen LogP contribution is 2.32. The average molecular weight is 260 g/mol. The molecular weight excluding hydrogens is 232 g/mol. The molecule has 2 N–H and O–H groups in total. The standard InChI is InChI=1S/C17H28N2/c1-3-19(16-12-8-7-9-14(16)2)17(13-18)15-10-5-4-6-11-15/h7-9,12,15,17H,3-6,10-11,13,18H2,1-2H3. The highest BCUT2D eigenvalue weighted by atomic mass is 15.2. The summed E-state index contributed by atoms with van der Waals surface area (Å²) in [4.78, 5) is 2.53. The second kappa shape index (κ2) is 6.95. The van der Waals surface area contributed by atoms with Crippen LogP contribution in [0.25, 0.3) is 0 Å². The molecule has 2 nitrogen and oxygen atoms in total. The molecule has 0 saturated heterocycles. The number of hydrogen-bond donors (Lipinski definition) is 1. The number of nitrogens with two attached hydrogens (primary N) is 1. The lowest BCUT2D eigenvalue weighted by molar-refractivity contribution is 0.297. The van der Waals surface area contributed by atoms with Crippen molar-refractivity contribution < 1.29 is 0 Å². The highest BCUT2D eigenvalue weighted by molar-refractivity contribution is 5.54. The molecule has 1 unspecified atom stereocenters. The van der Waals surface area contributed by atoms with E-state index in [-0.39, 0.29) is 0 Å². The highest BCUT2D eigenvalue weighted by Gasteiger charge is 2.27. The summed E-state index contributed by atoms with van der Waals surface area (Å²) in [6.45, 7) is 6.26. The van der Waals surface area contributed by atoms with Gasteiger partial charge in [0.25, 0.3) is 0 Å². The predicted molar refractivity (Wildman–Crippen MR) is 83.6 cm³/mol. The quantitative estimate of drug-likeness (QED) is 0.874. The van der Waals surface area contributed by atoms with Crippen LogP contribution in [0.2, 0.25) is 0 Å². The molecule has 2 heteroatoms. The Bertz CT molecular complexity index is 383. The fraction of sp³-hybridized carbons (Fsp3) is 0.647. The molecule has 1 aliphatic carbocycles. The lowest BCUT2D eigenvalue weighted by Gasteiger charge is -2.40. The number of rotatable bonds is 5. The van der Waals surface area contributed by atoms with Gasteiger partial charge in [-0.05, 0) is 44.2 Å². The minimum absolute atomic E-state index is 0.506. The molecule has 1 fully saturated rings. The number of para-hydroxylation sites is 1. The number of benzene rings is 1. The van der Waals surface area contributed by atoms with E-state index in [9.17, 15) is 0 Å². The molecule has 1 saturated carbocycles. The van der Waals surface area contributed by atoms with E-state index in [1.807, 2.05) is 0 Å². The molecule has 0 radical (unpaired) electrons. The normalized spacial score (nSPS) is 18.3. The fourth-order valence-electron chi connectivity index (χ4n) is 3.56.